The molecule has 0 spiro atoms. The molecule has 134 valence electrons. The first-order chi connectivity index (χ1) is 11.8. The van der Waals surface area contributed by atoms with Crippen LogP contribution in [0.2, 0.25) is 5.02 Å². The van der Waals surface area contributed by atoms with E-state index in [1.54, 1.807) is 12.1 Å². The molecule has 0 unspecified atom stereocenters. The molecule has 1 amide bonds. The van der Waals surface area contributed by atoms with Gasteiger partial charge in [0, 0.05) is 17.6 Å². The highest BCUT2D eigenvalue weighted by Crippen LogP contribution is 2.33. The predicted octanol–water partition coefficient (Wildman–Crippen LogP) is 3.65. The van der Waals surface area contributed by atoms with Gasteiger partial charge in [-0.15, -0.1) is 0 Å². The average Bonchev–Trinajstić information content (AvgIpc) is 2.57. The molecule has 1 aromatic carbocycles. The van der Waals surface area contributed by atoms with Crippen molar-refractivity contribution < 1.29 is 15.0 Å². The van der Waals surface area contributed by atoms with E-state index in [4.69, 9.17) is 11.6 Å². The molecule has 5 nitrogen and oxygen atoms in total. The van der Waals surface area contributed by atoms with Crippen LogP contribution < -0.4 is 5.32 Å². The van der Waals surface area contributed by atoms with E-state index < -0.39 is 5.60 Å². The Balaban J connectivity index is 1.68. The number of nitrogens with zero attached hydrogens (tertiary/aromatic N) is 1. The fraction of sp³-hybridized carbons (Fsp3) is 0.474. The van der Waals surface area contributed by atoms with Crippen molar-refractivity contribution in [2.75, 3.05) is 0 Å². The zero-order valence-corrected chi connectivity index (χ0v) is 15.2. The predicted molar refractivity (Wildman–Crippen MR) is 97.9 cm³/mol. The van der Waals surface area contributed by atoms with Crippen LogP contribution in [0.1, 0.15) is 49.9 Å². The molecule has 25 heavy (non-hydrogen) atoms. The molecule has 3 rings (SSSR count). The highest BCUT2D eigenvalue weighted by atomic mass is 35.5. The number of fused-ring (bicyclic) bond motifs is 1. The molecule has 1 fully saturated rings. The fourth-order valence-corrected chi connectivity index (χ4v) is 3.71. The van der Waals surface area contributed by atoms with Crippen molar-refractivity contribution in [3.05, 3.63) is 35.0 Å². The molecule has 1 aliphatic rings. The third kappa shape index (κ3) is 3.88. The second kappa shape index (κ2) is 6.81. The number of carbonyl (C=O) groups excluding carboxylic acids is 1. The first kappa shape index (κ1) is 18.0. The number of phenols is 1. The third-order valence-corrected chi connectivity index (χ3v) is 5.47. The Labute approximate surface area is 152 Å². The van der Waals surface area contributed by atoms with Crippen molar-refractivity contribution in [3.8, 4) is 5.75 Å². The second-order valence-corrected chi connectivity index (χ2v) is 7.75. The van der Waals surface area contributed by atoms with Gasteiger partial charge < -0.3 is 15.5 Å². The molecule has 0 bridgehead atoms. The zero-order valence-electron chi connectivity index (χ0n) is 14.4. The number of aliphatic hydroxyl groups is 1. The lowest BCUT2D eigenvalue weighted by Crippen LogP contribution is -2.41. The number of rotatable bonds is 3. The number of hydrogen-bond acceptors (Lipinski definition) is 4. The molecule has 1 aromatic heterocycles. The maximum absolute atomic E-state index is 12.5. The number of aromatic nitrogens is 1. The van der Waals surface area contributed by atoms with Crippen LogP contribution in [0, 0.1) is 5.92 Å². The zero-order chi connectivity index (χ0) is 18.2. The quantitative estimate of drug-likeness (QED) is 0.778. The normalized spacial score (nSPS) is 21.3. The molecule has 6 heteroatoms. The minimum Gasteiger partial charge on any atom is -0.506 e. The number of hydrogen-bond donors (Lipinski definition) is 3. The van der Waals surface area contributed by atoms with Crippen molar-refractivity contribution in [1.82, 2.24) is 10.3 Å². The molecule has 2 aromatic rings. The van der Waals surface area contributed by atoms with Crippen molar-refractivity contribution in [1.29, 1.82) is 0 Å². The van der Waals surface area contributed by atoms with Gasteiger partial charge in [-0.3, -0.25) is 9.78 Å². The van der Waals surface area contributed by atoms with Gasteiger partial charge in [-0.1, -0.05) is 11.6 Å². The molecule has 0 aliphatic heterocycles. The van der Waals surface area contributed by atoms with Crippen LogP contribution in [0.25, 0.3) is 10.9 Å². The lowest BCUT2D eigenvalue weighted by Gasteiger charge is -2.36. The van der Waals surface area contributed by atoms with Gasteiger partial charge in [-0.05, 0) is 63.6 Å². The Hall–Kier alpha value is -1.85. The Morgan fingerprint density at radius 2 is 1.96 bits per heavy atom. The van der Waals surface area contributed by atoms with Gasteiger partial charge in [0.25, 0.3) is 5.91 Å². The van der Waals surface area contributed by atoms with Gasteiger partial charge in [0.15, 0.2) is 0 Å². The Kier molecular flexibility index (Phi) is 4.89. The number of aromatic hydroxyl groups is 1. The van der Waals surface area contributed by atoms with Crippen LogP contribution >= 0.6 is 11.6 Å². The summed E-state index contributed by atoms with van der Waals surface area (Å²) in [4.78, 5) is 16.7. The molecule has 1 heterocycles. The van der Waals surface area contributed by atoms with Gasteiger partial charge in [0.05, 0.1) is 16.7 Å². The lowest BCUT2D eigenvalue weighted by atomic mass is 9.77. The fourth-order valence-electron chi connectivity index (χ4n) is 3.49. The summed E-state index contributed by atoms with van der Waals surface area (Å²) < 4.78 is 0. The largest absolute Gasteiger partial charge is 0.506 e. The van der Waals surface area contributed by atoms with Gasteiger partial charge in [0.2, 0.25) is 0 Å². The van der Waals surface area contributed by atoms with Crippen LogP contribution in [0.3, 0.4) is 0 Å². The highest BCUT2D eigenvalue weighted by molar-refractivity contribution is 6.36. The minimum atomic E-state index is -0.665. The van der Waals surface area contributed by atoms with E-state index in [1.807, 2.05) is 13.8 Å². The summed E-state index contributed by atoms with van der Waals surface area (Å²) >= 11 is 6.03. The summed E-state index contributed by atoms with van der Waals surface area (Å²) in [5, 5.41) is 23.7. The summed E-state index contributed by atoms with van der Waals surface area (Å²) in [5.74, 6) is 0.0885. The van der Waals surface area contributed by atoms with Crippen molar-refractivity contribution in [2.45, 2.75) is 51.2 Å². The minimum absolute atomic E-state index is 0.0255. The van der Waals surface area contributed by atoms with Gasteiger partial charge in [0.1, 0.15) is 10.8 Å². The van der Waals surface area contributed by atoms with E-state index in [9.17, 15) is 15.0 Å². The number of amides is 1. The highest BCUT2D eigenvalue weighted by Gasteiger charge is 2.31. The van der Waals surface area contributed by atoms with E-state index in [0.29, 0.717) is 16.5 Å². The Morgan fingerprint density at radius 3 is 2.60 bits per heavy atom. The van der Waals surface area contributed by atoms with E-state index in [-0.39, 0.29) is 28.6 Å². The number of phenolic OH excluding ortho intramolecular Hbond substituents is 1. The van der Waals surface area contributed by atoms with Crippen LogP contribution in [0.15, 0.2) is 24.4 Å². The smallest absolute Gasteiger partial charge is 0.253 e. The number of nitrogens with one attached hydrogen (secondary N) is 1. The maximum Gasteiger partial charge on any atom is 0.253 e. The van der Waals surface area contributed by atoms with Crippen molar-refractivity contribution >= 4 is 28.4 Å². The van der Waals surface area contributed by atoms with Crippen LogP contribution in [0.4, 0.5) is 0 Å². The maximum atomic E-state index is 12.5. The third-order valence-electron chi connectivity index (χ3n) is 5.09. The monoisotopic (exact) mass is 362 g/mol. The standard InChI is InChI=1S/C19H23ClN2O3/c1-19(2,25)13-4-6-14(7-5-13)22-18(24)12-9-11-3-8-15(23)16(20)17(11)21-10-12/h3,8-10,13-14,23,25H,4-7H2,1-2H3,(H,22,24). The number of halogens is 1. The number of benzene rings is 1. The molecule has 0 atom stereocenters. The van der Waals surface area contributed by atoms with E-state index in [2.05, 4.69) is 10.3 Å². The summed E-state index contributed by atoms with van der Waals surface area (Å²) in [6.07, 6.45) is 5.01. The topological polar surface area (TPSA) is 82.5 Å². The first-order valence-electron chi connectivity index (χ1n) is 8.56. The molecule has 1 aliphatic carbocycles. The first-order valence-corrected chi connectivity index (χ1v) is 8.94. The molecule has 1 saturated carbocycles. The Morgan fingerprint density at radius 1 is 1.28 bits per heavy atom. The van der Waals surface area contributed by atoms with Gasteiger partial charge in [-0.25, -0.2) is 0 Å². The summed E-state index contributed by atoms with van der Waals surface area (Å²) in [5.41, 5.74) is 0.282. The number of pyridine rings is 1. The molecular formula is C19H23ClN2O3. The van der Waals surface area contributed by atoms with Crippen molar-refractivity contribution in [3.63, 3.8) is 0 Å². The summed E-state index contributed by atoms with van der Waals surface area (Å²) in [7, 11) is 0. The van der Waals surface area contributed by atoms with Crippen LogP contribution in [0.5, 0.6) is 5.75 Å². The van der Waals surface area contributed by atoms with Crippen molar-refractivity contribution in [2.24, 2.45) is 5.92 Å². The molecule has 0 saturated heterocycles. The number of carbonyl (C=O) groups is 1. The van der Waals surface area contributed by atoms with Gasteiger partial charge in [-0.2, -0.15) is 0 Å². The van der Waals surface area contributed by atoms with Crippen LogP contribution in [-0.2, 0) is 0 Å². The van der Waals surface area contributed by atoms with Crippen LogP contribution in [-0.4, -0.2) is 32.7 Å². The molecule has 3 N–H and O–H groups in total. The molecular weight excluding hydrogens is 340 g/mol. The second-order valence-electron chi connectivity index (χ2n) is 7.37. The van der Waals surface area contributed by atoms with E-state index in [1.165, 1.54) is 12.3 Å². The van der Waals surface area contributed by atoms with Gasteiger partial charge >= 0.3 is 0 Å². The van der Waals surface area contributed by atoms with E-state index in [0.717, 1.165) is 25.7 Å². The summed E-state index contributed by atoms with van der Waals surface area (Å²) in [6, 6.07) is 5.02. The molecule has 0 radical (unpaired) electrons. The Bertz CT molecular complexity index is 793. The average molecular weight is 363 g/mol. The SMILES string of the molecule is CC(C)(O)C1CCC(NC(=O)c2cnc3c(Cl)c(O)ccc3c2)CC1. The summed E-state index contributed by atoms with van der Waals surface area (Å²) in [6.45, 7) is 3.69. The van der Waals surface area contributed by atoms with E-state index >= 15 is 0 Å². The lowest BCUT2D eigenvalue weighted by molar-refractivity contribution is -0.00257.